The van der Waals surface area contributed by atoms with E-state index in [1.807, 2.05) is 0 Å². The molecule has 1 aliphatic heterocycles. The molecule has 3 rings (SSSR count). The number of allylic oxidation sites excluding steroid dienone is 4. The van der Waals surface area contributed by atoms with Gasteiger partial charge in [-0.25, -0.2) is 0 Å². The van der Waals surface area contributed by atoms with E-state index in [9.17, 15) is 5.11 Å². The largest absolute Gasteiger partial charge is 0.393 e. The first-order valence-electron chi connectivity index (χ1n) is 12.9. The normalized spacial score (nSPS) is 17.9. The molecule has 2 atom stereocenters. The van der Waals surface area contributed by atoms with E-state index in [2.05, 4.69) is 85.5 Å². The zero-order valence-corrected chi connectivity index (χ0v) is 21.2. The maximum Gasteiger partial charge on any atom is 0.0564 e. The second-order valence-electron chi connectivity index (χ2n) is 10.3. The number of hydrogen-bond acceptors (Lipinski definition) is 3. The maximum atomic E-state index is 9.90. The lowest BCUT2D eigenvalue weighted by molar-refractivity contribution is 0.0769. The van der Waals surface area contributed by atoms with Crippen LogP contribution >= 0.6 is 0 Å². The van der Waals surface area contributed by atoms with E-state index in [0.717, 1.165) is 64.6 Å². The molecule has 33 heavy (non-hydrogen) atoms. The van der Waals surface area contributed by atoms with Crippen molar-refractivity contribution < 1.29 is 5.11 Å². The molecule has 1 aromatic heterocycles. The fraction of sp³-hybridized carbons (Fsp3) is 0.586. The number of aromatic nitrogens is 1. The first kappa shape index (κ1) is 25.7. The molecule has 182 valence electrons. The molecule has 4 heteroatoms. The number of nitrogens with one attached hydrogen (secondary N) is 2. The highest BCUT2D eigenvalue weighted by molar-refractivity contribution is 5.83. The van der Waals surface area contributed by atoms with Crippen molar-refractivity contribution in [3.8, 4) is 0 Å². The first-order valence-corrected chi connectivity index (χ1v) is 12.9. The highest BCUT2D eigenvalue weighted by Gasteiger charge is 2.22. The van der Waals surface area contributed by atoms with Gasteiger partial charge in [0.15, 0.2) is 0 Å². The first-order chi connectivity index (χ1) is 15.9. The highest BCUT2D eigenvalue weighted by atomic mass is 16.3. The zero-order valence-electron chi connectivity index (χ0n) is 21.2. The average Bonchev–Trinajstić information content (AvgIpc) is 3.18. The van der Waals surface area contributed by atoms with Gasteiger partial charge in [0.2, 0.25) is 0 Å². The number of aliphatic hydroxyl groups excluding tert-OH is 1. The van der Waals surface area contributed by atoms with Crippen LogP contribution in [0.3, 0.4) is 0 Å². The summed E-state index contributed by atoms with van der Waals surface area (Å²) in [5.41, 5.74) is 5.52. The van der Waals surface area contributed by atoms with Crippen LogP contribution in [0.5, 0.6) is 0 Å². The van der Waals surface area contributed by atoms with Crippen molar-refractivity contribution in [1.82, 2.24) is 15.2 Å². The molecule has 0 spiro atoms. The van der Waals surface area contributed by atoms with Crippen molar-refractivity contribution in [2.45, 2.75) is 90.8 Å². The molecule has 3 N–H and O–H groups in total. The molecule has 0 saturated carbocycles. The Bertz CT molecular complexity index is 900. The number of nitrogens with zero attached hydrogens (tertiary/aromatic N) is 1. The maximum absolute atomic E-state index is 9.90. The summed E-state index contributed by atoms with van der Waals surface area (Å²) in [4.78, 5) is 5.97. The van der Waals surface area contributed by atoms with Crippen LogP contribution in [0.25, 0.3) is 10.9 Å². The number of fused-ring (bicyclic) bond motifs is 1. The molecule has 0 bridgehead atoms. The SMILES string of the molecule is CC(C)=CCC/C(C)=C/CCC(C)NC(Cc1c[nH]c2ccccc12)CN1CCC(O)CC1. The predicted octanol–water partition coefficient (Wildman–Crippen LogP) is 5.99. The lowest BCUT2D eigenvalue weighted by Gasteiger charge is -2.34. The lowest BCUT2D eigenvalue weighted by Crippen LogP contribution is -2.48. The molecule has 0 amide bonds. The molecule has 0 aliphatic carbocycles. The van der Waals surface area contributed by atoms with Gasteiger partial charge in [-0.1, -0.05) is 41.5 Å². The number of aliphatic hydroxyl groups is 1. The van der Waals surface area contributed by atoms with E-state index in [0.29, 0.717) is 12.1 Å². The minimum atomic E-state index is -0.119. The van der Waals surface area contributed by atoms with E-state index in [-0.39, 0.29) is 6.10 Å². The minimum Gasteiger partial charge on any atom is -0.393 e. The van der Waals surface area contributed by atoms with Crippen LogP contribution in [-0.2, 0) is 6.42 Å². The Labute approximate surface area is 201 Å². The smallest absolute Gasteiger partial charge is 0.0564 e. The van der Waals surface area contributed by atoms with E-state index in [4.69, 9.17) is 0 Å². The van der Waals surface area contributed by atoms with Gasteiger partial charge in [0.25, 0.3) is 0 Å². The lowest BCUT2D eigenvalue weighted by atomic mass is 10.0. The van der Waals surface area contributed by atoms with E-state index in [1.165, 1.54) is 27.6 Å². The van der Waals surface area contributed by atoms with Crippen molar-refractivity contribution in [3.63, 3.8) is 0 Å². The van der Waals surface area contributed by atoms with Gasteiger partial charge in [0.05, 0.1) is 6.10 Å². The molecule has 1 aromatic carbocycles. The van der Waals surface area contributed by atoms with Crippen LogP contribution in [-0.4, -0.2) is 52.8 Å². The van der Waals surface area contributed by atoms with Crippen molar-refractivity contribution in [3.05, 3.63) is 59.3 Å². The Kier molecular flexibility index (Phi) is 10.2. The second-order valence-corrected chi connectivity index (χ2v) is 10.3. The fourth-order valence-corrected chi connectivity index (χ4v) is 4.91. The minimum absolute atomic E-state index is 0.119. The summed E-state index contributed by atoms with van der Waals surface area (Å²) in [6.45, 7) is 12.0. The van der Waals surface area contributed by atoms with Gasteiger partial charge < -0.3 is 20.3 Å². The number of piperidine rings is 1. The number of likely N-dealkylation sites (tertiary alicyclic amines) is 1. The Morgan fingerprint density at radius 3 is 2.67 bits per heavy atom. The van der Waals surface area contributed by atoms with Crippen LogP contribution in [0, 0.1) is 0 Å². The predicted molar refractivity (Wildman–Crippen MR) is 142 cm³/mol. The average molecular weight is 452 g/mol. The van der Waals surface area contributed by atoms with Crippen LogP contribution in [0.4, 0.5) is 0 Å². The third-order valence-corrected chi connectivity index (χ3v) is 6.88. The Morgan fingerprint density at radius 1 is 1.15 bits per heavy atom. The van der Waals surface area contributed by atoms with Crippen molar-refractivity contribution in [1.29, 1.82) is 0 Å². The quantitative estimate of drug-likeness (QED) is 0.348. The van der Waals surface area contributed by atoms with Gasteiger partial charge in [-0.05, 0) is 84.3 Å². The molecule has 1 saturated heterocycles. The van der Waals surface area contributed by atoms with Gasteiger partial charge in [0.1, 0.15) is 0 Å². The number of H-pyrrole nitrogens is 1. The standard InChI is InChI=1S/C29H45N3O/c1-22(2)9-7-10-23(3)11-8-12-24(4)31-26(21-32-17-15-27(33)16-18-32)19-25-20-30-29-14-6-5-13-28(25)29/h5-6,9,11,13-14,20,24,26-27,30-31,33H,7-8,10,12,15-19,21H2,1-4H3/b23-11+. The Morgan fingerprint density at radius 2 is 1.91 bits per heavy atom. The number of hydrogen-bond donors (Lipinski definition) is 3. The van der Waals surface area contributed by atoms with Crippen LogP contribution in [0.15, 0.2) is 53.8 Å². The summed E-state index contributed by atoms with van der Waals surface area (Å²) in [7, 11) is 0. The molecule has 2 aromatic rings. The molecule has 4 nitrogen and oxygen atoms in total. The third kappa shape index (κ3) is 8.77. The molecular weight excluding hydrogens is 406 g/mol. The van der Waals surface area contributed by atoms with Crippen LogP contribution < -0.4 is 5.32 Å². The van der Waals surface area contributed by atoms with E-state index >= 15 is 0 Å². The van der Waals surface area contributed by atoms with Crippen LogP contribution in [0.2, 0.25) is 0 Å². The molecule has 2 unspecified atom stereocenters. The van der Waals surface area contributed by atoms with Crippen LogP contribution in [0.1, 0.15) is 71.8 Å². The summed E-state index contributed by atoms with van der Waals surface area (Å²) >= 11 is 0. The van der Waals surface area contributed by atoms with Crippen molar-refractivity contribution in [2.24, 2.45) is 0 Å². The number of benzene rings is 1. The molecule has 0 radical (unpaired) electrons. The van der Waals surface area contributed by atoms with E-state index in [1.54, 1.807) is 0 Å². The molecule has 1 fully saturated rings. The summed E-state index contributed by atoms with van der Waals surface area (Å²) < 4.78 is 0. The van der Waals surface area contributed by atoms with Gasteiger partial charge in [0, 0.05) is 48.8 Å². The third-order valence-electron chi connectivity index (χ3n) is 6.88. The van der Waals surface area contributed by atoms with Crippen molar-refractivity contribution >= 4 is 10.9 Å². The molecule has 1 aliphatic rings. The Hall–Kier alpha value is -1.88. The highest BCUT2D eigenvalue weighted by Crippen LogP contribution is 2.20. The number of aromatic amines is 1. The Balaban J connectivity index is 1.57. The molecule has 2 heterocycles. The molecular formula is C29H45N3O. The van der Waals surface area contributed by atoms with Gasteiger partial charge in [-0.15, -0.1) is 0 Å². The number of rotatable bonds is 12. The summed E-state index contributed by atoms with van der Waals surface area (Å²) in [5.74, 6) is 0. The summed E-state index contributed by atoms with van der Waals surface area (Å²) in [6.07, 6.45) is 14.2. The zero-order chi connectivity index (χ0) is 23.6. The number of para-hydroxylation sites is 1. The fourth-order valence-electron chi connectivity index (χ4n) is 4.91. The second kappa shape index (κ2) is 13.1. The topological polar surface area (TPSA) is 51.3 Å². The van der Waals surface area contributed by atoms with E-state index < -0.39 is 0 Å². The monoisotopic (exact) mass is 451 g/mol. The van der Waals surface area contributed by atoms with Crippen molar-refractivity contribution in [2.75, 3.05) is 19.6 Å². The summed E-state index contributed by atoms with van der Waals surface area (Å²) in [5, 5.41) is 15.2. The van der Waals surface area contributed by atoms with Gasteiger partial charge >= 0.3 is 0 Å². The van der Waals surface area contributed by atoms with Gasteiger partial charge in [-0.2, -0.15) is 0 Å². The summed E-state index contributed by atoms with van der Waals surface area (Å²) in [6, 6.07) is 9.47. The van der Waals surface area contributed by atoms with Gasteiger partial charge in [-0.3, -0.25) is 0 Å².